The third kappa shape index (κ3) is 3.28. The van der Waals surface area contributed by atoms with Gasteiger partial charge in [0.15, 0.2) is 0 Å². The fraction of sp³-hybridized carbons (Fsp3) is 0.143. The Hall–Kier alpha value is -1.52. The number of aryl methyl sites for hydroxylation is 2. The van der Waals surface area contributed by atoms with E-state index in [9.17, 15) is 8.42 Å². The van der Waals surface area contributed by atoms with Crippen molar-refractivity contribution in [3.63, 3.8) is 0 Å². The molecule has 0 saturated heterocycles. The van der Waals surface area contributed by atoms with Crippen molar-refractivity contribution >= 4 is 27.3 Å². The molecule has 0 aliphatic carbocycles. The third-order valence-corrected chi connectivity index (χ3v) is 4.47. The summed E-state index contributed by atoms with van der Waals surface area (Å²) in [6.07, 6.45) is 0. The molecule has 0 saturated carbocycles. The summed E-state index contributed by atoms with van der Waals surface area (Å²) in [4.78, 5) is 0.285. The van der Waals surface area contributed by atoms with Crippen LogP contribution in [-0.4, -0.2) is 8.42 Å². The van der Waals surface area contributed by atoms with Crippen LogP contribution in [0, 0.1) is 13.8 Å². The summed E-state index contributed by atoms with van der Waals surface area (Å²) in [5.74, 6) is 0. The number of nitrogens with one attached hydrogen (secondary N) is 1. The molecule has 5 heteroatoms. The van der Waals surface area contributed by atoms with Gasteiger partial charge < -0.3 is 0 Å². The van der Waals surface area contributed by atoms with E-state index in [1.54, 1.807) is 43.3 Å². The molecule has 19 heavy (non-hydrogen) atoms. The average Bonchev–Trinajstić information content (AvgIpc) is 2.31. The molecule has 0 amide bonds. The van der Waals surface area contributed by atoms with Crippen LogP contribution in [0.2, 0.25) is 5.02 Å². The molecule has 3 nitrogen and oxygen atoms in total. The first-order valence-corrected chi connectivity index (χ1v) is 7.60. The average molecular weight is 296 g/mol. The zero-order valence-corrected chi connectivity index (χ0v) is 12.2. The Morgan fingerprint density at radius 1 is 1.05 bits per heavy atom. The van der Waals surface area contributed by atoms with Gasteiger partial charge >= 0.3 is 0 Å². The van der Waals surface area contributed by atoms with Gasteiger partial charge in [-0.25, -0.2) is 8.42 Å². The van der Waals surface area contributed by atoms with Crippen LogP contribution in [0.5, 0.6) is 0 Å². The summed E-state index contributed by atoms with van der Waals surface area (Å²) in [6, 6.07) is 12.0. The maximum atomic E-state index is 12.3. The van der Waals surface area contributed by atoms with E-state index in [-0.39, 0.29) is 4.90 Å². The second kappa shape index (κ2) is 5.23. The number of rotatable bonds is 3. The van der Waals surface area contributed by atoms with Gasteiger partial charge in [0.1, 0.15) is 0 Å². The summed E-state index contributed by atoms with van der Waals surface area (Å²) in [6.45, 7) is 3.63. The predicted octanol–water partition coefficient (Wildman–Crippen LogP) is 3.76. The van der Waals surface area contributed by atoms with Gasteiger partial charge in [0.05, 0.1) is 10.6 Å². The fourth-order valence-electron chi connectivity index (χ4n) is 1.76. The van der Waals surface area contributed by atoms with Gasteiger partial charge in [0, 0.05) is 5.02 Å². The lowest BCUT2D eigenvalue weighted by molar-refractivity contribution is 0.600. The fourth-order valence-corrected chi connectivity index (χ4v) is 3.33. The van der Waals surface area contributed by atoms with Crippen LogP contribution in [0.25, 0.3) is 0 Å². The van der Waals surface area contributed by atoms with Gasteiger partial charge in [-0.05, 0) is 49.2 Å². The molecule has 0 spiro atoms. The summed E-state index contributed by atoms with van der Waals surface area (Å²) in [7, 11) is -3.59. The maximum Gasteiger partial charge on any atom is 0.262 e. The van der Waals surface area contributed by atoms with Crippen molar-refractivity contribution in [3.8, 4) is 0 Å². The number of anilines is 1. The molecule has 0 fully saturated rings. The topological polar surface area (TPSA) is 46.2 Å². The first kappa shape index (κ1) is 13.9. The summed E-state index contributed by atoms with van der Waals surface area (Å²) >= 11 is 5.84. The number of halogens is 1. The number of hydrogen-bond donors (Lipinski definition) is 1. The minimum atomic E-state index is -3.59. The quantitative estimate of drug-likeness (QED) is 0.937. The highest BCUT2D eigenvalue weighted by Gasteiger charge is 2.17. The Kier molecular flexibility index (Phi) is 3.83. The van der Waals surface area contributed by atoms with Crippen molar-refractivity contribution in [1.29, 1.82) is 0 Å². The van der Waals surface area contributed by atoms with E-state index in [4.69, 9.17) is 11.6 Å². The molecule has 100 valence electrons. The number of benzene rings is 2. The lowest BCUT2D eigenvalue weighted by atomic mass is 10.2. The van der Waals surface area contributed by atoms with E-state index in [1.807, 2.05) is 13.0 Å². The molecule has 0 heterocycles. The maximum absolute atomic E-state index is 12.3. The van der Waals surface area contributed by atoms with Crippen molar-refractivity contribution in [2.45, 2.75) is 18.7 Å². The first-order chi connectivity index (χ1) is 8.88. The minimum absolute atomic E-state index is 0.285. The number of sulfonamides is 1. The molecule has 0 aliphatic rings. The van der Waals surface area contributed by atoms with E-state index in [0.717, 1.165) is 5.56 Å². The monoisotopic (exact) mass is 295 g/mol. The lowest BCUT2D eigenvalue weighted by Crippen LogP contribution is -2.14. The van der Waals surface area contributed by atoms with E-state index in [2.05, 4.69) is 4.72 Å². The second-order valence-corrected chi connectivity index (χ2v) is 6.47. The van der Waals surface area contributed by atoms with E-state index in [0.29, 0.717) is 16.3 Å². The van der Waals surface area contributed by atoms with Crippen LogP contribution in [0.1, 0.15) is 11.1 Å². The van der Waals surface area contributed by atoms with Gasteiger partial charge in [-0.15, -0.1) is 0 Å². The van der Waals surface area contributed by atoms with Crippen molar-refractivity contribution < 1.29 is 8.42 Å². The smallest absolute Gasteiger partial charge is 0.262 e. The molecule has 0 bridgehead atoms. The molecule has 0 aromatic heterocycles. The molecule has 2 rings (SSSR count). The van der Waals surface area contributed by atoms with Gasteiger partial charge in [-0.2, -0.15) is 0 Å². The number of hydrogen-bond acceptors (Lipinski definition) is 2. The molecule has 0 aliphatic heterocycles. The Balaban J connectivity index is 2.40. The molecular formula is C14H14ClNO2S. The van der Waals surface area contributed by atoms with Crippen LogP contribution in [0.15, 0.2) is 47.4 Å². The Labute approximate surface area is 118 Å². The zero-order chi connectivity index (χ0) is 14.0. The van der Waals surface area contributed by atoms with E-state index in [1.165, 1.54) is 0 Å². The lowest BCUT2D eigenvalue weighted by Gasteiger charge is -2.11. The molecule has 0 unspecified atom stereocenters. The largest absolute Gasteiger partial charge is 0.280 e. The predicted molar refractivity (Wildman–Crippen MR) is 78.2 cm³/mol. The summed E-state index contributed by atoms with van der Waals surface area (Å²) in [5, 5.41) is 0.487. The van der Waals surface area contributed by atoms with Crippen LogP contribution in [-0.2, 0) is 10.0 Å². The Morgan fingerprint density at radius 3 is 2.47 bits per heavy atom. The second-order valence-electron chi connectivity index (χ2n) is 4.38. The summed E-state index contributed by atoms with van der Waals surface area (Å²) < 4.78 is 27.2. The molecule has 0 atom stereocenters. The van der Waals surface area contributed by atoms with Gasteiger partial charge in [0.2, 0.25) is 0 Å². The van der Waals surface area contributed by atoms with Crippen molar-refractivity contribution in [3.05, 3.63) is 58.6 Å². The van der Waals surface area contributed by atoms with E-state index >= 15 is 0 Å². The standard InChI is InChI=1S/C14H14ClNO2S/c1-10-6-7-11(2)14(8-10)19(17,18)16-13-5-3-4-12(15)9-13/h3-9,16H,1-2H3. The highest BCUT2D eigenvalue weighted by Crippen LogP contribution is 2.22. The highest BCUT2D eigenvalue weighted by molar-refractivity contribution is 7.92. The van der Waals surface area contributed by atoms with Gasteiger partial charge in [-0.3, -0.25) is 4.72 Å². The highest BCUT2D eigenvalue weighted by atomic mass is 35.5. The minimum Gasteiger partial charge on any atom is -0.280 e. The van der Waals surface area contributed by atoms with Crippen LogP contribution < -0.4 is 4.72 Å². The molecule has 0 radical (unpaired) electrons. The molecule has 2 aromatic carbocycles. The van der Waals surface area contributed by atoms with Crippen LogP contribution in [0.4, 0.5) is 5.69 Å². The van der Waals surface area contributed by atoms with Crippen molar-refractivity contribution in [2.24, 2.45) is 0 Å². The molecular weight excluding hydrogens is 282 g/mol. The Bertz CT molecular complexity index is 711. The normalized spacial score (nSPS) is 11.3. The third-order valence-electron chi connectivity index (χ3n) is 2.71. The zero-order valence-electron chi connectivity index (χ0n) is 10.6. The van der Waals surface area contributed by atoms with Crippen molar-refractivity contribution in [1.82, 2.24) is 0 Å². The van der Waals surface area contributed by atoms with Gasteiger partial charge in [0.25, 0.3) is 10.0 Å². The summed E-state index contributed by atoms with van der Waals surface area (Å²) in [5.41, 5.74) is 2.06. The Morgan fingerprint density at radius 2 is 1.79 bits per heavy atom. The van der Waals surface area contributed by atoms with Gasteiger partial charge in [-0.1, -0.05) is 29.8 Å². The van der Waals surface area contributed by atoms with E-state index < -0.39 is 10.0 Å². The van der Waals surface area contributed by atoms with Crippen molar-refractivity contribution in [2.75, 3.05) is 4.72 Å². The van der Waals surface area contributed by atoms with Crippen LogP contribution >= 0.6 is 11.6 Å². The molecule has 1 N–H and O–H groups in total. The first-order valence-electron chi connectivity index (χ1n) is 5.74. The van der Waals surface area contributed by atoms with Crippen LogP contribution in [0.3, 0.4) is 0 Å². The SMILES string of the molecule is Cc1ccc(C)c(S(=O)(=O)Nc2cccc(Cl)c2)c1. The molecule has 2 aromatic rings.